The van der Waals surface area contributed by atoms with Crippen molar-refractivity contribution in [3.8, 4) is 11.3 Å². The van der Waals surface area contributed by atoms with E-state index in [1.807, 2.05) is 29.2 Å². The molecule has 29 heavy (non-hydrogen) atoms. The normalized spacial score (nSPS) is 18.7. The first-order valence-electron chi connectivity index (χ1n) is 9.11. The topological polar surface area (TPSA) is 98.8 Å². The molecule has 1 aliphatic rings. The highest BCUT2D eigenvalue weighted by atomic mass is 32.1. The maximum absolute atomic E-state index is 11.6. The Morgan fingerprint density at radius 3 is 2.69 bits per heavy atom. The number of nitrogens with zero attached hydrogens (tertiary/aromatic N) is 2. The summed E-state index contributed by atoms with van der Waals surface area (Å²) in [7, 11) is 0. The van der Waals surface area contributed by atoms with Gasteiger partial charge in [-0.15, -0.1) is 0 Å². The smallest absolute Gasteiger partial charge is 0.336 e. The molecule has 0 spiro atoms. The maximum Gasteiger partial charge on any atom is 0.336 e. The molecular formula is C21H19N3O4S. The van der Waals surface area contributed by atoms with Crippen LogP contribution < -0.4 is 5.32 Å². The van der Waals surface area contributed by atoms with Gasteiger partial charge in [0, 0.05) is 18.3 Å². The van der Waals surface area contributed by atoms with Gasteiger partial charge in [0.2, 0.25) is 0 Å². The number of β-amino-alcohol motifs (C(OH)–C–C–N with tert-alkyl or cyclic N) is 1. The van der Waals surface area contributed by atoms with Gasteiger partial charge in [0.05, 0.1) is 23.9 Å². The molecule has 0 amide bonds. The number of carboxylic acids is 1. The van der Waals surface area contributed by atoms with E-state index in [2.05, 4.69) is 10.3 Å². The summed E-state index contributed by atoms with van der Waals surface area (Å²) in [5.74, 6) is 0.0479. The van der Waals surface area contributed by atoms with Crippen molar-refractivity contribution in [3.63, 3.8) is 0 Å². The molecule has 4 rings (SSSR count). The van der Waals surface area contributed by atoms with Crippen LogP contribution in [0.2, 0.25) is 0 Å². The summed E-state index contributed by atoms with van der Waals surface area (Å²) in [6.07, 6.45) is 1.71. The van der Waals surface area contributed by atoms with Gasteiger partial charge in [-0.05, 0) is 42.5 Å². The summed E-state index contributed by atoms with van der Waals surface area (Å²) < 4.78 is 6.11. The first-order chi connectivity index (χ1) is 14.1. The number of aromatic nitrogens is 1. The van der Waals surface area contributed by atoms with Gasteiger partial charge in [0.1, 0.15) is 17.6 Å². The van der Waals surface area contributed by atoms with Crippen molar-refractivity contribution in [1.29, 1.82) is 0 Å². The van der Waals surface area contributed by atoms with E-state index < -0.39 is 5.97 Å². The van der Waals surface area contributed by atoms with E-state index in [1.165, 1.54) is 0 Å². The fraction of sp³-hybridized carbons (Fsp3) is 0.190. The van der Waals surface area contributed by atoms with E-state index >= 15 is 0 Å². The number of carbonyl (C=O) groups is 1. The van der Waals surface area contributed by atoms with Crippen LogP contribution in [0, 0.1) is 0 Å². The molecule has 1 saturated heterocycles. The molecule has 0 saturated carbocycles. The largest absolute Gasteiger partial charge is 0.478 e. The third-order valence-corrected chi connectivity index (χ3v) is 5.23. The molecule has 0 bridgehead atoms. The minimum atomic E-state index is -1.02. The molecule has 1 aliphatic heterocycles. The van der Waals surface area contributed by atoms with Gasteiger partial charge >= 0.3 is 5.97 Å². The zero-order valence-corrected chi connectivity index (χ0v) is 16.2. The fourth-order valence-corrected chi connectivity index (χ4v) is 3.94. The van der Waals surface area contributed by atoms with Crippen molar-refractivity contribution in [3.05, 3.63) is 77.8 Å². The number of carboxylic acid groups (broad SMARTS) is 1. The summed E-state index contributed by atoms with van der Waals surface area (Å²) in [4.78, 5) is 17.9. The van der Waals surface area contributed by atoms with Crippen LogP contribution in [0.1, 0.15) is 33.9 Å². The van der Waals surface area contributed by atoms with E-state index in [0.717, 1.165) is 5.69 Å². The van der Waals surface area contributed by atoms with Gasteiger partial charge < -0.3 is 24.8 Å². The van der Waals surface area contributed by atoms with Crippen LogP contribution in [0.15, 0.2) is 65.2 Å². The van der Waals surface area contributed by atoms with Gasteiger partial charge in [-0.2, -0.15) is 0 Å². The summed E-state index contributed by atoms with van der Waals surface area (Å²) in [6, 6.07) is 15.3. The van der Waals surface area contributed by atoms with E-state index in [4.69, 9.17) is 16.6 Å². The average molecular weight is 409 g/mol. The highest BCUT2D eigenvalue weighted by Gasteiger charge is 2.41. The summed E-state index contributed by atoms with van der Waals surface area (Å²) >= 11 is 5.47. The first-order valence-corrected chi connectivity index (χ1v) is 9.52. The molecule has 2 aromatic heterocycles. The van der Waals surface area contributed by atoms with E-state index in [-0.39, 0.29) is 24.3 Å². The number of aromatic carboxylic acids is 1. The van der Waals surface area contributed by atoms with Gasteiger partial charge in [0.25, 0.3) is 0 Å². The highest BCUT2D eigenvalue weighted by molar-refractivity contribution is 7.80. The zero-order chi connectivity index (χ0) is 20.4. The van der Waals surface area contributed by atoms with Crippen LogP contribution in [-0.4, -0.2) is 44.3 Å². The molecular weight excluding hydrogens is 390 g/mol. The minimum Gasteiger partial charge on any atom is -0.478 e. The Balaban J connectivity index is 1.75. The standard InChI is InChI=1S/C21H19N3O4S/c25-12-11-24-19(18(23-21(24)29)15-7-3-4-10-22-15)17-9-8-16(28-17)13-5-1-2-6-14(13)20(26)27/h1-10,18-19,25H,11-12H2,(H,23,29)(H,26,27). The third kappa shape index (κ3) is 3.59. The zero-order valence-electron chi connectivity index (χ0n) is 15.4. The van der Waals surface area contributed by atoms with E-state index in [0.29, 0.717) is 28.7 Å². The summed E-state index contributed by atoms with van der Waals surface area (Å²) in [5.41, 5.74) is 1.47. The second-order valence-corrected chi connectivity index (χ2v) is 6.98. The molecule has 8 heteroatoms. The van der Waals surface area contributed by atoms with Crippen molar-refractivity contribution in [2.45, 2.75) is 12.1 Å². The van der Waals surface area contributed by atoms with Crippen molar-refractivity contribution in [2.24, 2.45) is 0 Å². The number of rotatable bonds is 6. The Labute approximate surface area is 172 Å². The van der Waals surface area contributed by atoms with Crippen molar-refractivity contribution in [1.82, 2.24) is 15.2 Å². The first kappa shape index (κ1) is 19.1. The van der Waals surface area contributed by atoms with Crippen molar-refractivity contribution in [2.75, 3.05) is 13.2 Å². The number of nitrogens with one attached hydrogen (secondary N) is 1. The fourth-order valence-electron chi connectivity index (χ4n) is 3.60. The van der Waals surface area contributed by atoms with E-state index in [9.17, 15) is 15.0 Å². The number of benzene rings is 1. The van der Waals surface area contributed by atoms with Crippen molar-refractivity contribution < 1.29 is 19.4 Å². The second kappa shape index (κ2) is 8.02. The monoisotopic (exact) mass is 409 g/mol. The van der Waals surface area contributed by atoms with E-state index in [1.54, 1.807) is 36.5 Å². The molecule has 0 radical (unpaired) electrons. The molecule has 2 atom stereocenters. The molecule has 1 aromatic carbocycles. The number of hydrogen-bond donors (Lipinski definition) is 3. The predicted molar refractivity (Wildman–Crippen MR) is 110 cm³/mol. The molecule has 3 aromatic rings. The number of aliphatic hydroxyl groups excluding tert-OH is 1. The lowest BCUT2D eigenvalue weighted by Gasteiger charge is -2.25. The van der Waals surface area contributed by atoms with Crippen LogP contribution in [0.3, 0.4) is 0 Å². The summed E-state index contributed by atoms with van der Waals surface area (Å²) in [6.45, 7) is 0.268. The molecule has 3 heterocycles. The van der Waals surface area contributed by atoms with Crippen molar-refractivity contribution >= 4 is 23.3 Å². The SMILES string of the molecule is O=C(O)c1ccccc1-c1ccc(C2C(c3ccccn3)NC(=S)N2CCO)o1. The lowest BCUT2D eigenvalue weighted by Crippen LogP contribution is -2.32. The Bertz CT molecular complexity index is 1040. The predicted octanol–water partition coefficient (Wildman–Crippen LogP) is 3.00. The molecule has 2 unspecified atom stereocenters. The number of furan rings is 1. The lowest BCUT2D eigenvalue weighted by molar-refractivity contribution is 0.0697. The Morgan fingerprint density at radius 2 is 1.97 bits per heavy atom. The average Bonchev–Trinajstić information content (AvgIpc) is 3.34. The second-order valence-electron chi connectivity index (χ2n) is 6.60. The van der Waals surface area contributed by atoms with Gasteiger partial charge in [-0.25, -0.2) is 4.79 Å². The molecule has 1 fully saturated rings. The van der Waals surface area contributed by atoms with Gasteiger partial charge in [-0.3, -0.25) is 4.98 Å². The summed E-state index contributed by atoms with van der Waals surface area (Å²) in [5, 5.41) is 22.7. The molecule has 148 valence electrons. The Kier molecular flexibility index (Phi) is 5.28. The molecule has 7 nitrogen and oxygen atoms in total. The number of hydrogen-bond acceptors (Lipinski definition) is 5. The van der Waals surface area contributed by atoms with Crippen LogP contribution in [0.25, 0.3) is 11.3 Å². The molecule has 3 N–H and O–H groups in total. The quantitative estimate of drug-likeness (QED) is 0.535. The number of pyridine rings is 1. The van der Waals surface area contributed by atoms with Gasteiger partial charge in [-0.1, -0.05) is 24.3 Å². The third-order valence-electron chi connectivity index (χ3n) is 4.88. The Morgan fingerprint density at radius 1 is 1.17 bits per heavy atom. The lowest BCUT2D eigenvalue weighted by atomic mass is 10.0. The molecule has 0 aliphatic carbocycles. The van der Waals surface area contributed by atoms with Crippen LogP contribution in [0.4, 0.5) is 0 Å². The number of aliphatic hydroxyl groups is 1. The number of thiocarbonyl (C=S) groups is 1. The van der Waals surface area contributed by atoms with Gasteiger partial charge in [0.15, 0.2) is 5.11 Å². The minimum absolute atomic E-state index is 0.0668. The maximum atomic E-state index is 11.6. The highest BCUT2D eigenvalue weighted by Crippen LogP contribution is 2.40. The van der Waals surface area contributed by atoms with Crippen LogP contribution >= 0.6 is 12.2 Å². The van der Waals surface area contributed by atoms with Crippen LogP contribution in [0.5, 0.6) is 0 Å². The van der Waals surface area contributed by atoms with Crippen LogP contribution in [-0.2, 0) is 0 Å². The Hall–Kier alpha value is -3.23.